The van der Waals surface area contributed by atoms with Gasteiger partial charge in [0.15, 0.2) is 23.1 Å². The Balaban J connectivity index is 2.26. The summed E-state index contributed by atoms with van der Waals surface area (Å²) in [6.07, 6.45) is 3.76. The van der Waals surface area contributed by atoms with Gasteiger partial charge in [-0.15, -0.1) is 0 Å². The molecule has 1 fully saturated rings. The van der Waals surface area contributed by atoms with Gasteiger partial charge in [-0.2, -0.15) is 4.99 Å². The smallest absolute Gasteiger partial charge is 0.235 e. The highest BCUT2D eigenvalue weighted by atomic mass is 19.1. The van der Waals surface area contributed by atoms with E-state index in [9.17, 15) is 9.18 Å². The lowest BCUT2D eigenvalue weighted by Crippen LogP contribution is -2.34. The molecule has 0 bridgehead atoms. The topological polar surface area (TPSA) is 57.1 Å². The summed E-state index contributed by atoms with van der Waals surface area (Å²) >= 11 is 0. The van der Waals surface area contributed by atoms with Crippen LogP contribution in [0, 0.1) is 5.82 Å². The van der Waals surface area contributed by atoms with Crippen LogP contribution in [-0.4, -0.2) is 26.4 Å². The van der Waals surface area contributed by atoms with Crippen LogP contribution in [-0.2, 0) is 10.3 Å². The zero-order valence-corrected chi connectivity index (χ0v) is 11.1. The zero-order chi connectivity index (χ0) is 14.2. The molecule has 1 saturated carbocycles. The van der Waals surface area contributed by atoms with Crippen molar-refractivity contribution in [3.8, 4) is 17.2 Å². The molecule has 2 aliphatic rings. The molecule has 1 aliphatic heterocycles. The van der Waals surface area contributed by atoms with Crippen LogP contribution < -0.4 is 14.2 Å². The summed E-state index contributed by atoms with van der Waals surface area (Å²) in [6, 6.07) is 1.24. The molecule has 5 nitrogen and oxygen atoms in total. The first kappa shape index (κ1) is 12.9. The summed E-state index contributed by atoms with van der Waals surface area (Å²) in [5, 5.41) is 0. The van der Waals surface area contributed by atoms with Gasteiger partial charge in [-0.1, -0.05) is 0 Å². The van der Waals surface area contributed by atoms with Crippen LogP contribution in [0.1, 0.15) is 24.8 Å². The van der Waals surface area contributed by atoms with Gasteiger partial charge in [0.2, 0.25) is 6.08 Å². The van der Waals surface area contributed by atoms with Crippen molar-refractivity contribution >= 4 is 6.08 Å². The van der Waals surface area contributed by atoms with E-state index in [4.69, 9.17) is 14.2 Å². The fourth-order valence-electron chi connectivity index (χ4n) is 2.78. The standard InChI is InChI=1S/C14H14FNO4/c1-18-12-9(15)7-10-13(20-6-5-19-10)11(12)14(16-8-17)3-2-4-14/h7H,2-6H2,1H3. The van der Waals surface area contributed by atoms with Gasteiger partial charge in [0.25, 0.3) is 0 Å². The molecule has 0 spiro atoms. The Labute approximate surface area is 115 Å². The first-order valence-corrected chi connectivity index (χ1v) is 6.47. The van der Waals surface area contributed by atoms with E-state index in [0.717, 1.165) is 6.42 Å². The van der Waals surface area contributed by atoms with Crippen LogP contribution >= 0.6 is 0 Å². The highest BCUT2D eigenvalue weighted by Crippen LogP contribution is 2.55. The Morgan fingerprint density at radius 2 is 2.15 bits per heavy atom. The molecule has 1 aliphatic carbocycles. The molecule has 0 radical (unpaired) electrons. The average Bonchev–Trinajstić information content (AvgIpc) is 2.41. The predicted octanol–water partition coefficient (Wildman–Crippen LogP) is 2.32. The molecule has 0 atom stereocenters. The van der Waals surface area contributed by atoms with Crippen molar-refractivity contribution in [1.29, 1.82) is 0 Å². The number of rotatable bonds is 3. The van der Waals surface area contributed by atoms with E-state index in [2.05, 4.69) is 4.99 Å². The quantitative estimate of drug-likeness (QED) is 0.629. The molecule has 0 saturated heterocycles. The number of hydrogen-bond acceptors (Lipinski definition) is 5. The van der Waals surface area contributed by atoms with Crippen LogP contribution in [0.4, 0.5) is 4.39 Å². The molecule has 1 aromatic carbocycles. The van der Waals surface area contributed by atoms with Crippen LogP contribution in [0.2, 0.25) is 0 Å². The highest BCUT2D eigenvalue weighted by molar-refractivity contribution is 5.60. The predicted molar refractivity (Wildman–Crippen MR) is 67.6 cm³/mol. The SMILES string of the molecule is COc1c(F)cc2c(c1C1(N=C=O)CCC1)OCCO2. The minimum Gasteiger partial charge on any atom is -0.493 e. The lowest BCUT2D eigenvalue weighted by Gasteiger charge is -2.39. The largest absolute Gasteiger partial charge is 0.493 e. The van der Waals surface area contributed by atoms with E-state index in [1.165, 1.54) is 13.2 Å². The third-order valence-corrected chi connectivity index (χ3v) is 3.85. The van der Waals surface area contributed by atoms with Crippen LogP contribution in [0.5, 0.6) is 17.2 Å². The molecule has 106 valence electrons. The Kier molecular flexibility index (Phi) is 3.10. The van der Waals surface area contributed by atoms with Gasteiger partial charge in [-0.25, -0.2) is 9.18 Å². The number of aliphatic imine (C=N–C) groups is 1. The Bertz CT molecular complexity index is 591. The molecule has 0 N–H and O–H groups in total. The lowest BCUT2D eigenvalue weighted by molar-refractivity contribution is 0.155. The summed E-state index contributed by atoms with van der Waals surface area (Å²) in [6.45, 7) is 0.734. The maximum absolute atomic E-state index is 14.2. The van der Waals surface area contributed by atoms with Crippen LogP contribution in [0.25, 0.3) is 0 Å². The number of isocyanates is 1. The third kappa shape index (κ3) is 1.76. The minimum absolute atomic E-state index is 0.0629. The molecule has 0 amide bonds. The molecule has 6 heteroatoms. The van der Waals surface area contributed by atoms with Crippen LogP contribution in [0.3, 0.4) is 0 Å². The first-order valence-electron chi connectivity index (χ1n) is 6.47. The van der Waals surface area contributed by atoms with Crippen molar-refractivity contribution in [1.82, 2.24) is 0 Å². The number of hydrogen-bond donors (Lipinski definition) is 0. The summed E-state index contributed by atoms with van der Waals surface area (Å²) < 4.78 is 30.4. The van der Waals surface area contributed by atoms with E-state index in [-0.39, 0.29) is 5.75 Å². The maximum atomic E-state index is 14.2. The average molecular weight is 279 g/mol. The normalized spacial score (nSPS) is 18.7. The van der Waals surface area contributed by atoms with Gasteiger partial charge in [-0.05, 0) is 19.3 Å². The summed E-state index contributed by atoms with van der Waals surface area (Å²) in [4.78, 5) is 14.6. The van der Waals surface area contributed by atoms with Crippen molar-refractivity contribution in [3.05, 3.63) is 17.4 Å². The fourth-order valence-corrected chi connectivity index (χ4v) is 2.78. The second-order valence-corrected chi connectivity index (χ2v) is 4.88. The van der Waals surface area contributed by atoms with E-state index in [1.807, 2.05) is 0 Å². The molecule has 20 heavy (non-hydrogen) atoms. The lowest BCUT2D eigenvalue weighted by atomic mass is 9.71. The molecule has 1 heterocycles. The summed E-state index contributed by atoms with van der Waals surface area (Å²) in [5.41, 5.74) is -0.343. The maximum Gasteiger partial charge on any atom is 0.235 e. The third-order valence-electron chi connectivity index (χ3n) is 3.85. The van der Waals surface area contributed by atoms with Crippen molar-refractivity contribution in [3.63, 3.8) is 0 Å². The van der Waals surface area contributed by atoms with Gasteiger partial charge in [0.05, 0.1) is 12.7 Å². The number of benzene rings is 1. The van der Waals surface area contributed by atoms with Crippen molar-refractivity contribution in [2.45, 2.75) is 24.8 Å². The highest BCUT2D eigenvalue weighted by Gasteiger charge is 2.46. The monoisotopic (exact) mass is 279 g/mol. The van der Waals surface area contributed by atoms with E-state index in [1.54, 1.807) is 6.08 Å². The van der Waals surface area contributed by atoms with Gasteiger partial charge in [0, 0.05) is 6.07 Å². The van der Waals surface area contributed by atoms with Crippen molar-refractivity contribution in [2.24, 2.45) is 4.99 Å². The van der Waals surface area contributed by atoms with Gasteiger partial charge >= 0.3 is 0 Å². The van der Waals surface area contributed by atoms with Gasteiger partial charge in [0.1, 0.15) is 18.8 Å². The van der Waals surface area contributed by atoms with Gasteiger partial charge < -0.3 is 14.2 Å². The molecule has 0 aromatic heterocycles. The Morgan fingerprint density at radius 3 is 2.75 bits per heavy atom. The number of carbonyl (C=O) groups excluding carboxylic acids is 1. The molecular weight excluding hydrogens is 265 g/mol. The van der Waals surface area contributed by atoms with Crippen molar-refractivity contribution < 1.29 is 23.4 Å². The van der Waals surface area contributed by atoms with E-state index >= 15 is 0 Å². The number of ether oxygens (including phenoxy) is 3. The number of halogens is 1. The second kappa shape index (κ2) is 4.80. The number of fused-ring (bicyclic) bond motifs is 1. The van der Waals surface area contributed by atoms with Crippen molar-refractivity contribution in [2.75, 3.05) is 20.3 Å². The van der Waals surface area contributed by atoms with E-state index in [0.29, 0.717) is 43.1 Å². The number of nitrogens with zero attached hydrogens (tertiary/aromatic N) is 1. The van der Waals surface area contributed by atoms with E-state index < -0.39 is 11.4 Å². The minimum atomic E-state index is -0.806. The number of methoxy groups -OCH3 is 1. The molecule has 3 rings (SSSR count). The summed E-state index contributed by atoms with van der Waals surface area (Å²) in [7, 11) is 1.38. The second-order valence-electron chi connectivity index (χ2n) is 4.88. The van der Waals surface area contributed by atoms with Gasteiger partial charge in [-0.3, -0.25) is 0 Å². The molecule has 0 unspecified atom stereocenters. The fraction of sp³-hybridized carbons (Fsp3) is 0.500. The summed E-state index contributed by atoms with van der Waals surface area (Å²) in [5.74, 6) is 0.275. The first-order chi connectivity index (χ1) is 9.72. The molecular formula is C14H14FNO4. The Hall–Kier alpha value is -2.07. The Morgan fingerprint density at radius 1 is 1.40 bits per heavy atom. The van der Waals surface area contributed by atoms with Crippen LogP contribution in [0.15, 0.2) is 11.1 Å². The molecule has 1 aromatic rings. The zero-order valence-electron chi connectivity index (χ0n) is 11.1.